The summed E-state index contributed by atoms with van der Waals surface area (Å²) in [6.07, 6.45) is 3.04. The van der Waals surface area contributed by atoms with Gasteiger partial charge in [-0.1, -0.05) is 24.3 Å². The molecule has 2 heterocycles. The quantitative estimate of drug-likeness (QED) is 0.576. The Labute approximate surface area is 136 Å². The zero-order valence-electron chi connectivity index (χ0n) is 12.6. The first-order valence-electron chi connectivity index (χ1n) is 7.49. The fourth-order valence-corrected chi connectivity index (χ4v) is 2.68. The number of halogens is 1. The fourth-order valence-electron chi connectivity index (χ4n) is 2.68. The predicted molar refractivity (Wildman–Crippen MR) is 89.2 cm³/mol. The number of furan rings is 1. The maximum atomic E-state index is 13.8. The second kappa shape index (κ2) is 5.77. The van der Waals surface area contributed by atoms with E-state index >= 15 is 0 Å². The zero-order chi connectivity index (χ0) is 16.5. The Bertz CT molecular complexity index is 1070. The van der Waals surface area contributed by atoms with Gasteiger partial charge in [-0.2, -0.15) is 0 Å². The summed E-state index contributed by atoms with van der Waals surface area (Å²) in [6, 6.07) is 15.4. The van der Waals surface area contributed by atoms with Gasteiger partial charge in [0.05, 0.1) is 30.0 Å². The van der Waals surface area contributed by atoms with Crippen LogP contribution in [0.2, 0.25) is 0 Å². The van der Waals surface area contributed by atoms with Crippen LogP contribution in [0.1, 0.15) is 5.56 Å². The molecule has 0 radical (unpaired) electrons. The normalized spacial score (nSPS) is 11.0. The van der Waals surface area contributed by atoms with E-state index in [2.05, 4.69) is 4.98 Å². The number of hydrogen-bond donors (Lipinski definition) is 0. The largest absolute Gasteiger partial charge is 0.464 e. The van der Waals surface area contributed by atoms with Gasteiger partial charge < -0.3 is 4.42 Å². The molecule has 0 amide bonds. The molecule has 5 heteroatoms. The molecule has 2 aromatic heterocycles. The van der Waals surface area contributed by atoms with Gasteiger partial charge in [-0.15, -0.1) is 0 Å². The van der Waals surface area contributed by atoms with Crippen LogP contribution in [0, 0.1) is 5.82 Å². The fraction of sp³-hybridized carbons (Fsp3) is 0.0526. The molecule has 4 nitrogen and oxygen atoms in total. The highest BCUT2D eigenvalue weighted by Gasteiger charge is 2.09. The van der Waals surface area contributed by atoms with E-state index in [1.807, 2.05) is 18.2 Å². The van der Waals surface area contributed by atoms with E-state index in [1.165, 1.54) is 17.0 Å². The van der Waals surface area contributed by atoms with Gasteiger partial charge in [0.1, 0.15) is 11.6 Å². The van der Waals surface area contributed by atoms with Crippen LogP contribution in [0.3, 0.4) is 0 Å². The highest BCUT2D eigenvalue weighted by atomic mass is 19.1. The van der Waals surface area contributed by atoms with Gasteiger partial charge in [-0.05, 0) is 30.3 Å². The lowest BCUT2D eigenvalue weighted by Gasteiger charge is -2.08. The molecule has 24 heavy (non-hydrogen) atoms. The molecule has 0 fully saturated rings. The van der Waals surface area contributed by atoms with E-state index in [4.69, 9.17) is 4.42 Å². The molecule has 0 aliphatic heterocycles. The van der Waals surface area contributed by atoms with Gasteiger partial charge in [0.25, 0.3) is 5.56 Å². The van der Waals surface area contributed by atoms with E-state index in [9.17, 15) is 9.18 Å². The molecule has 0 atom stereocenters. The van der Waals surface area contributed by atoms with Crippen molar-refractivity contribution < 1.29 is 8.81 Å². The van der Waals surface area contributed by atoms with Crippen LogP contribution < -0.4 is 5.56 Å². The number of fused-ring (bicyclic) bond motifs is 1. The zero-order valence-corrected chi connectivity index (χ0v) is 12.6. The van der Waals surface area contributed by atoms with Crippen molar-refractivity contribution in [2.75, 3.05) is 0 Å². The van der Waals surface area contributed by atoms with Crippen molar-refractivity contribution in [3.8, 4) is 11.3 Å². The number of benzene rings is 2. The molecule has 0 bridgehead atoms. The van der Waals surface area contributed by atoms with Crippen molar-refractivity contribution in [1.29, 1.82) is 0 Å². The van der Waals surface area contributed by atoms with E-state index in [1.54, 1.807) is 36.6 Å². The Kier molecular flexibility index (Phi) is 3.46. The Morgan fingerprint density at radius 2 is 1.96 bits per heavy atom. The minimum Gasteiger partial charge on any atom is -0.464 e. The van der Waals surface area contributed by atoms with E-state index in [0.29, 0.717) is 22.2 Å². The molecule has 0 unspecified atom stereocenters. The van der Waals surface area contributed by atoms with E-state index in [0.717, 1.165) is 5.56 Å². The van der Waals surface area contributed by atoms with Gasteiger partial charge in [-0.3, -0.25) is 9.36 Å². The second-order valence-electron chi connectivity index (χ2n) is 5.48. The first-order valence-corrected chi connectivity index (χ1v) is 7.49. The lowest BCUT2D eigenvalue weighted by molar-refractivity contribution is 0.582. The second-order valence-corrected chi connectivity index (χ2v) is 5.48. The molecular formula is C19H13FN2O2. The Hall–Kier alpha value is -3.21. The Morgan fingerprint density at radius 3 is 2.75 bits per heavy atom. The number of aromatic nitrogens is 2. The van der Waals surface area contributed by atoms with Crippen LogP contribution in [0.25, 0.3) is 22.2 Å². The maximum absolute atomic E-state index is 13.8. The Balaban J connectivity index is 1.77. The highest BCUT2D eigenvalue weighted by molar-refractivity contribution is 5.82. The SMILES string of the molecule is O=c1c2ccc(-c3ccco3)cc2ncn1Cc1ccccc1F. The van der Waals surface area contributed by atoms with Crippen LogP contribution in [0.15, 0.2) is 76.4 Å². The van der Waals surface area contributed by atoms with Gasteiger partial charge >= 0.3 is 0 Å². The summed E-state index contributed by atoms with van der Waals surface area (Å²) in [5.41, 5.74) is 1.69. The topological polar surface area (TPSA) is 48.0 Å². The van der Waals surface area contributed by atoms with Crippen LogP contribution >= 0.6 is 0 Å². The average Bonchev–Trinajstić information content (AvgIpc) is 3.13. The van der Waals surface area contributed by atoms with Gasteiger partial charge in [-0.25, -0.2) is 9.37 Å². The molecular weight excluding hydrogens is 307 g/mol. The van der Waals surface area contributed by atoms with E-state index < -0.39 is 0 Å². The molecule has 0 aliphatic rings. The van der Waals surface area contributed by atoms with Crippen molar-refractivity contribution >= 4 is 10.9 Å². The number of rotatable bonds is 3. The molecule has 118 valence electrons. The van der Waals surface area contributed by atoms with Gasteiger partial charge in [0.15, 0.2) is 0 Å². The third-order valence-corrected chi connectivity index (χ3v) is 3.93. The van der Waals surface area contributed by atoms with Crippen molar-refractivity contribution in [2.24, 2.45) is 0 Å². The minimum atomic E-state index is -0.335. The molecule has 4 rings (SSSR count). The highest BCUT2D eigenvalue weighted by Crippen LogP contribution is 2.22. The molecule has 0 aliphatic carbocycles. The summed E-state index contributed by atoms with van der Waals surface area (Å²) in [7, 11) is 0. The minimum absolute atomic E-state index is 0.147. The first kappa shape index (κ1) is 14.4. The molecule has 0 saturated heterocycles. The summed E-state index contributed by atoms with van der Waals surface area (Å²) >= 11 is 0. The van der Waals surface area contributed by atoms with Crippen molar-refractivity contribution in [3.05, 3.63) is 88.9 Å². The molecule has 2 aromatic carbocycles. The maximum Gasteiger partial charge on any atom is 0.261 e. The summed E-state index contributed by atoms with van der Waals surface area (Å²) in [5.74, 6) is 0.381. The van der Waals surface area contributed by atoms with Crippen LogP contribution in [-0.4, -0.2) is 9.55 Å². The van der Waals surface area contributed by atoms with Crippen molar-refractivity contribution in [3.63, 3.8) is 0 Å². The molecule has 4 aromatic rings. The van der Waals surface area contributed by atoms with Gasteiger partial charge in [0, 0.05) is 11.1 Å². The van der Waals surface area contributed by atoms with Crippen LogP contribution in [-0.2, 0) is 6.54 Å². The van der Waals surface area contributed by atoms with Crippen molar-refractivity contribution in [1.82, 2.24) is 9.55 Å². The smallest absolute Gasteiger partial charge is 0.261 e. The lowest BCUT2D eigenvalue weighted by atomic mass is 10.1. The monoisotopic (exact) mass is 320 g/mol. The Morgan fingerprint density at radius 1 is 1.08 bits per heavy atom. The summed E-state index contributed by atoms with van der Waals surface area (Å²) in [6.45, 7) is 0.147. The standard InChI is InChI=1S/C19H13FN2O2/c20-16-5-2-1-4-14(16)11-22-12-21-17-10-13(18-6-3-9-24-18)7-8-15(17)19(22)23/h1-10,12H,11H2. The third kappa shape index (κ3) is 2.50. The van der Waals surface area contributed by atoms with Gasteiger partial charge in [0.2, 0.25) is 0 Å². The number of nitrogens with zero attached hydrogens (tertiary/aromatic N) is 2. The molecule has 0 saturated carbocycles. The summed E-state index contributed by atoms with van der Waals surface area (Å²) < 4.78 is 20.6. The predicted octanol–water partition coefficient (Wildman–Crippen LogP) is 3.84. The van der Waals surface area contributed by atoms with Crippen LogP contribution in [0.4, 0.5) is 4.39 Å². The lowest BCUT2D eigenvalue weighted by Crippen LogP contribution is -2.21. The van der Waals surface area contributed by atoms with Crippen molar-refractivity contribution in [2.45, 2.75) is 6.54 Å². The first-order chi connectivity index (χ1) is 11.7. The summed E-state index contributed by atoms with van der Waals surface area (Å²) in [5, 5.41) is 0.490. The number of hydrogen-bond acceptors (Lipinski definition) is 3. The summed E-state index contributed by atoms with van der Waals surface area (Å²) in [4.78, 5) is 17.0. The molecule has 0 N–H and O–H groups in total. The average molecular weight is 320 g/mol. The molecule has 0 spiro atoms. The van der Waals surface area contributed by atoms with E-state index in [-0.39, 0.29) is 17.9 Å². The van der Waals surface area contributed by atoms with Crippen LogP contribution in [0.5, 0.6) is 0 Å². The third-order valence-electron chi connectivity index (χ3n) is 3.93.